The molecule has 1 heterocycles. The van der Waals surface area contributed by atoms with Crippen LogP contribution in [-0.2, 0) is 22.6 Å². The van der Waals surface area contributed by atoms with Crippen molar-refractivity contribution in [3.63, 3.8) is 0 Å². The highest BCUT2D eigenvalue weighted by Crippen LogP contribution is 2.24. The molecule has 20 heavy (non-hydrogen) atoms. The van der Waals surface area contributed by atoms with Gasteiger partial charge in [-0.3, -0.25) is 4.79 Å². The summed E-state index contributed by atoms with van der Waals surface area (Å²) in [5, 5.41) is 9.31. The first-order valence-corrected chi connectivity index (χ1v) is 6.34. The minimum Gasteiger partial charge on any atom is -0.480 e. The van der Waals surface area contributed by atoms with Crippen molar-refractivity contribution in [1.29, 1.82) is 0 Å². The molecule has 0 aliphatic carbocycles. The molecular formula is C14H19ClN2O3. The number of nitrogens with zero attached hydrogens (tertiary/aromatic N) is 1. The zero-order chi connectivity index (χ0) is 14.0. The second-order valence-corrected chi connectivity index (χ2v) is 4.93. The van der Waals surface area contributed by atoms with Gasteiger partial charge in [-0.25, -0.2) is 4.79 Å². The lowest BCUT2D eigenvalue weighted by molar-refractivity contribution is -0.152. The Hall–Kier alpha value is -1.59. The molecule has 1 aromatic carbocycles. The van der Waals surface area contributed by atoms with Crippen molar-refractivity contribution in [3.8, 4) is 0 Å². The fraction of sp³-hybridized carbons (Fsp3) is 0.429. The van der Waals surface area contributed by atoms with Gasteiger partial charge < -0.3 is 15.7 Å². The van der Waals surface area contributed by atoms with Gasteiger partial charge in [-0.05, 0) is 11.1 Å². The van der Waals surface area contributed by atoms with E-state index in [-0.39, 0.29) is 30.8 Å². The van der Waals surface area contributed by atoms with E-state index in [1.54, 1.807) is 6.92 Å². The number of fused-ring (bicyclic) bond motifs is 1. The Bertz CT molecular complexity index is 507. The van der Waals surface area contributed by atoms with E-state index in [1.165, 1.54) is 4.90 Å². The van der Waals surface area contributed by atoms with Gasteiger partial charge >= 0.3 is 5.97 Å². The Balaban J connectivity index is 0.00000200. The second kappa shape index (κ2) is 6.72. The van der Waals surface area contributed by atoms with Crippen molar-refractivity contribution in [2.24, 2.45) is 11.7 Å². The van der Waals surface area contributed by atoms with E-state index in [1.807, 2.05) is 24.3 Å². The van der Waals surface area contributed by atoms with Crippen LogP contribution in [0.5, 0.6) is 0 Å². The molecule has 6 heteroatoms. The Morgan fingerprint density at radius 1 is 1.40 bits per heavy atom. The number of rotatable bonds is 3. The normalized spacial score (nSPS) is 18.7. The zero-order valence-electron chi connectivity index (χ0n) is 11.3. The molecule has 0 fully saturated rings. The number of carbonyl (C=O) groups is 2. The van der Waals surface area contributed by atoms with Gasteiger partial charge in [0.05, 0.1) is 0 Å². The molecule has 1 amide bonds. The smallest absolute Gasteiger partial charge is 0.326 e. The summed E-state index contributed by atoms with van der Waals surface area (Å²) in [4.78, 5) is 25.0. The third-order valence-electron chi connectivity index (χ3n) is 3.59. The van der Waals surface area contributed by atoms with Crippen molar-refractivity contribution in [1.82, 2.24) is 4.90 Å². The van der Waals surface area contributed by atoms with E-state index in [2.05, 4.69) is 0 Å². The number of carboxylic acids is 1. The van der Waals surface area contributed by atoms with Crippen LogP contribution in [0.4, 0.5) is 0 Å². The van der Waals surface area contributed by atoms with E-state index in [9.17, 15) is 14.7 Å². The minimum absolute atomic E-state index is 0. The first kappa shape index (κ1) is 16.5. The highest BCUT2D eigenvalue weighted by atomic mass is 35.5. The van der Waals surface area contributed by atoms with Gasteiger partial charge in [-0.1, -0.05) is 31.2 Å². The fourth-order valence-electron chi connectivity index (χ4n) is 2.36. The molecule has 0 saturated carbocycles. The number of nitrogens with two attached hydrogens (primary N) is 1. The molecule has 3 N–H and O–H groups in total. The fourth-order valence-corrected chi connectivity index (χ4v) is 2.36. The molecule has 0 radical (unpaired) electrons. The van der Waals surface area contributed by atoms with E-state index < -0.39 is 12.0 Å². The maximum absolute atomic E-state index is 12.2. The molecule has 0 bridgehead atoms. The zero-order valence-corrected chi connectivity index (χ0v) is 12.1. The Labute approximate surface area is 124 Å². The summed E-state index contributed by atoms with van der Waals surface area (Å²) < 4.78 is 0. The molecular weight excluding hydrogens is 280 g/mol. The van der Waals surface area contributed by atoms with E-state index in [0.29, 0.717) is 13.0 Å². The SMILES string of the molecule is CC(CN)C(=O)N1Cc2ccccc2C[C@H]1C(=O)O.Cl. The topological polar surface area (TPSA) is 83.6 Å². The highest BCUT2D eigenvalue weighted by Gasteiger charge is 2.35. The molecule has 2 rings (SSSR count). The first-order valence-electron chi connectivity index (χ1n) is 6.34. The van der Waals surface area contributed by atoms with Crippen LogP contribution < -0.4 is 5.73 Å². The lowest BCUT2D eigenvalue weighted by Gasteiger charge is -2.35. The average molecular weight is 299 g/mol. The van der Waals surface area contributed by atoms with Crippen LogP contribution in [0.2, 0.25) is 0 Å². The second-order valence-electron chi connectivity index (χ2n) is 4.93. The predicted molar refractivity (Wildman–Crippen MR) is 77.6 cm³/mol. The van der Waals surface area contributed by atoms with Crippen LogP contribution in [0.3, 0.4) is 0 Å². The number of hydrogen-bond donors (Lipinski definition) is 2. The molecule has 2 atom stereocenters. The maximum Gasteiger partial charge on any atom is 0.326 e. The number of benzene rings is 1. The molecule has 1 aliphatic heterocycles. The monoisotopic (exact) mass is 298 g/mol. The van der Waals surface area contributed by atoms with Crippen molar-refractivity contribution in [2.75, 3.05) is 6.54 Å². The molecule has 1 aromatic rings. The van der Waals surface area contributed by atoms with Gasteiger partial charge in [0.25, 0.3) is 0 Å². The Morgan fingerprint density at radius 3 is 2.55 bits per heavy atom. The average Bonchev–Trinajstić information content (AvgIpc) is 2.44. The molecule has 1 aliphatic rings. The summed E-state index contributed by atoms with van der Waals surface area (Å²) in [5.74, 6) is -1.51. The Morgan fingerprint density at radius 2 is 2.00 bits per heavy atom. The third kappa shape index (κ3) is 3.11. The van der Waals surface area contributed by atoms with Crippen LogP contribution in [0.1, 0.15) is 18.1 Å². The lowest BCUT2D eigenvalue weighted by Crippen LogP contribution is -2.51. The van der Waals surface area contributed by atoms with Crippen molar-refractivity contribution < 1.29 is 14.7 Å². The number of halogens is 1. The van der Waals surface area contributed by atoms with Crippen LogP contribution in [0.15, 0.2) is 24.3 Å². The van der Waals surface area contributed by atoms with Gasteiger partial charge in [0.15, 0.2) is 0 Å². The largest absolute Gasteiger partial charge is 0.480 e. The summed E-state index contributed by atoms with van der Waals surface area (Å²) in [7, 11) is 0. The number of carboxylic acid groups (broad SMARTS) is 1. The molecule has 110 valence electrons. The lowest BCUT2D eigenvalue weighted by atomic mass is 9.93. The Kier molecular flexibility index (Phi) is 5.53. The molecule has 0 saturated heterocycles. The van der Waals surface area contributed by atoms with Gasteiger partial charge in [0.2, 0.25) is 5.91 Å². The number of aliphatic carboxylic acids is 1. The van der Waals surface area contributed by atoms with Gasteiger partial charge in [-0.2, -0.15) is 0 Å². The predicted octanol–water partition coefficient (Wildman–Crippen LogP) is 1.04. The van der Waals surface area contributed by atoms with E-state index in [0.717, 1.165) is 11.1 Å². The molecule has 0 aromatic heterocycles. The van der Waals surface area contributed by atoms with E-state index in [4.69, 9.17) is 5.73 Å². The standard InChI is InChI=1S/C14H18N2O3.ClH/c1-9(7-15)13(17)16-8-11-5-3-2-4-10(11)6-12(16)14(18)19;/h2-5,9,12H,6-8,15H2,1H3,(H,18,19);1H/t9?,12-;/m0./s1. The first-order chi connectivity index (χ1) is 9.04. The number of carbonyl (C=O) groups excluding carboxylic acids is 1. The van der Waals surface area contributed by atoms with Crippen LogP contribution >= 0.6 is 12.4 Å². The van der Waals surface area contributed by atoms with Crippen molar-refractivity contribution in [2.45, 2.75) is 25.9 Å². The summed E-state index contributed by atoms with van der Waals surface area (Å²) in [6, 6.07) is 6.84. The van der Waals surface area contributed by atoms with Gasteiger partial charge in [-0.15, -0.1) is 12.4 Å². The number of hydrogen-bond acceptors (Lipinski definition) is 3. The molecule has 0 spiro atoms. The minimum atomic E-state index is -0.966. The molecule has 5 nitrogen and oxygen atoms in total. The van der Waals surface area contributed by atoms with Crippen LogP contribution in [0.25, 0.3) is 0 Å². The summed E-state index contributed by atoms with van der Waals surface area (Å²) in [6.45, 7) is 2.29. The van der Waals surface area contributed by atoms with Gasteiger partial charge in [0, 0.05) is 25.4 Å². The van der Waals surface area contributed by atoms with Gasteiger partial charge in [0.1, 0.15) is 6.04 Å². The van der Waals surface area contributed by atoms with Crippen LogP contribution in [0, 0.1) is 5.92 Å². The third-order valence-corrected chi connectivity index (χ3v) is 3.59. The van der Waals surface area contributed by atoms with Crippen molar-refractivity contribution >= 4 is 24.3 Å². The summed E-state index contributed by atoms with van der Waals surface area (Å²) in [5.41, 5.74) is 7.51. The summed E-state index contributed by atoms with van der Waals surface area (Å²) >= 11 is 0. The maximum atomic E-state index is 12.2. The molecule has 1 unspecified atom stereocenters. The van der Waals surface area contributed by atoms with Crippen LogP contribution in [-0.4, -0.2) is 34.5 Å². The summed E-state index contributed by atoms with van der Waals surface area (Å²) in [6.07, 6.45) is 0.356. The number of amides is 1. The quantitative estimate of drug-likeness (QED) is 0.873. The van der Waals surface area contributed by atoms with Crippen molar-refractivity contribution in [3.05, 3.63) is 35.4 Å². The van der Waals surface area contributed by atoms with E-state index >= 15 is 0 Å². The highest BCUT2D eigenvalue weighted by molar-refractivity contribution is 5.86.